The topological polar surface area (TPSA) is 50.8 Å². The molecule has 1 aromatic rings. The molecule has 5 nitrogen and oxygen atoms in total. The standard InChI is InChI=1S/C19H28N2O3/c1-4-12-20-19(22)15(3)21-13-10-16(11-14-21)24-18-9-7-6-8-17(18)23-5-2/h4,6-9,15-16H,1,5,10-14H2,2-3H3,(H,20,22)/t15-/m0/s1. The predicted octanol–water partition coefficient (Wildman–Crippen LogP) is 2.62. The number of amides is 1. The molecule has 24 heavy (non-hydrogen) atoms. The lowest BCUT2D eigenvalue weighted by Crippen LogP contribution is -2.49. The minimum atomic E-state index is -0.124. The Morgan fingerprint density at radius 2 is 2.04 bits per heavy atom. The zero-order valence-corrected chi connectivity index (χ0v) is 14.7. The number of nitrogens with zero attached hydrogens (tertiary/aromatic N) is 1. The first-order chi connectivity index (χ1) is 11.7. The van der Waals surface area contributed by atoms with Crippen LogP contribution in [0.15, 0.2) is 36.9 Å². The van der Waals surface area contributed by atoms with Crippen molar-refractivity contribution in [3.05, 3.63) is 36.9 Å². The minimum absolute atomic E-state index is 0.0518. The average Bonchev–Trinajstić information content (AvgIpc) is 2.61. The summed E-state index contributed by atoms with van der Waals surface area (Å²) < 4.78 is 11.7. The highest BCUT2D eigenvalue weighted by molar-refractivity contribution is 5.81. The lowest BCUT2D eigenvalue weighted by molar-refractivity contribution is -0.126. The Morgan fingerprint density at radius 3 is 2.67 bits per heavy atom. The molecule has 0 aromatic heterocycles. The molecule has 1 aromatic carbocycles. The van der Waals surface area contributed by atoms with Crippen LogP contribution in [0.1, 0.15) is 26.7 Å². The number of ether oxygens (including phenoxy) is 2. The van der Waals surface area contributed by atoms with Crippen LogP contribution in [0, 0.1) is 0 Å². The maximum atomic E-state index is 12.0. The lowest BCUT2D eigenvalue weighted by Gasteiger charge is -2.35. The Hall–Kier alpha value is -2.01. The molecule has 1 aliphatic rings. The van der Waals surface area contributed by atoms with Crippen LogP contribution in [0.2, 0.25) is 0 Å². The fourth-order valence-electron chi connectivity index (χ4n) is 2.87. The van der Waals surface area contributed by atoms with Crippen molar-refractivity contribution in [3.8, 4) is 11.5 Å². The van der Waals surface area contributed by atoms with E-state index in [1.54, 1.807) is 6.08 Å². The van der Waals surface area contributed by atoms with Gasteiger partial charge in [0.25, 0.3) is 0 Å². The molecule has 1 heterocycles. The van der Waals surface area contributed by atoms with Crippen molar-refractivity contribution in [1.29, 1.82) is 0 Å². The fourth-order valence-corrected chi connectivity index (χ4v) is 2.87. The molecule has 1 aliphatic heterocycles. The van der Waals surface area contributed by atoms with Crippen LogP contribution in [0.4, 0.5) is 0 Å². The summed E-state index contributed by atoms with van der Waals surface area (Å²) in [6, 6.07) is 7.66. The molecule has 0 bridgehead atoms. The zero-order valence-electron chi connectivity index (χ0n) is 14.7. The molecular weight excluding hydrogens is 304 g/mol. The van der Waals surface area contributed by atoms with Crippen LogP contribution in [0.3, 0.4) is 0 Å². The van der Waals surface area contributed by atoms with Crippen molar-refractivity contribution in [2.45, 2.75) is 38.8 Å². The molecule has 0 spiro atoms. The highest BCUT2D eigenvalue weighted by atomic mass is 16.5. The van der Waals surface area contributed by atoms with Crippen LogP contribution in [-0.2, 0) is 4.79 Å². The van der Waals surface area contributed by atoms with E-state index in [9.17, 15) is 4.79 Å². The van der Waals surface area contributed by atoms with Gasteiger partial charge in [-0.05, 0) is 38.8 Å². The van der Waals surface area contributed by atoms with Gasteiger partial charge in [-0.2, -0.15) is 0 Å². The van der Waals surface area contributed by atoms with Gasteiger partial charge in [0.15, 0.2) is 11.5 Å². The van der Waals surface area contributed by atoms with Gasteiger partial charge in [-0.25, -0.2) is 0 Å². The number of carbonyl (C=O) groups is 1. The van der Waals surface area contributed by atoms with E-state index in [1.165, 1.54) is 0 Å². The molecule has 0 unspecified atom stereocenters. The summed E-state index contributed by atoms with van der Waals surface area (Å²) in [4.78, 5) is 14.2. The van der Waals surface area contributed by atoms with E-state index in [2.05, 4.69) is 16.8 Å². The number of nitrogens with one attached hydrogen (secondary N) is 1. The van der Waals surface area contributed by atoms with E-state index >= 15 is 0 Å². The van der Waals surface area contributed by atoms with Gasteiger partial charge in [0.05, 0.1) is 12.6 Å². The molecule has 0 aliphatic carbocycles. The van der Waals surface area contributed by atoms with Crippen LogP contribution in [0.25, 0.3) is 0 Å². The Labute approximate surface area is 144 Å². The van der Waals surface area contributed by atoms with Crippen LogP contribution in [-0.4, -0.2) is 49.2 Å². The minimum Gasteiger partial charge on any atom is -0.490 e. The first kappa shape index (κ1) is 18.3. The molecule has 1 amide bonds. The largest absolute Gasteiger partial charge is 0.490 e. The second-order valence-electron chi connectivity index (χ2n) is 5.94. The van der Waals surface area contributed by atoms with Gasteiger partial charge in [-0.15, -0.1) is 6.58 Å². The number of piperidine rings is 1. The van der Waals surface area contributed by atoms with Crippen molar-refractivity contribution in [1.82, 2.24) is 10.2 Å². The van der Waals surface area contributed by atoms with Crippen molar-refractivity contribution >= 4 is 5.91 Å². The van der Waals surface area contributed by atoms with E-state index in [1.807, 2.05) is 38.1 Å². The summed E-state index contributed by atoms with van der Waals surface area (Å²) in [5, 5.41) is 2.86. The van der Waals surface area contributed by atoms with Gasteiger partial charge in [0.2, 0.25) is 5.91 Å². The molecule has 1 N–H and O–H groups in total. The third-order valence-electron chi connectivity index (χ3n) is 4.27. The number of hydrogen-bond acceptors (Lipinski definition) is 4. The number of hydrogen-bond donors (Lipinski definition) is 1. The van der Waals surface area contributed by atoms with Crippen LogP contribution >= 0.6 is 0 Å². The summed E-state index contributed by atoms with van der Waals surface area (Å²) in [6.07, 6.45) is 3.66. The second kappa shape index (κ2) is 9.33. The quantitative estimate of drug-likeness (QED) is 0.744. The summed E-state index contributed by atoms with van der Waals surface area (Å²) >= 11 is 0. The molecule has 1 fully saturated rings. The number of rotatable bonds is 8. The van der Waals surface area contributed by atoms with E-state index in [4.69, 9.17) is 9.47 Å². The Bertz CT molecular complexity index is 539. The maximum Gasteiger partial charge on any atom is 0.237 e. The van der Waals surface area contributed by atoms with Crippen LogP contribution < -0.4 is 14.8 Å². The third kappa shape index (κ3) is 4.99. The highest BCUT2D eigenvalue weighted by Gasteiger charge is 2.27. The normalized spacial score (nSPS) is 17.1. The van der Waals surface area contributed by atoms with Gasteiger partial charge in [-0.3, -0.25) is 9.69 Å². The summed E-state index contributed by atoms with van der Waals surface area (Å²) in [6.45, 7) is 10.4. The van der Waals surface area contributed by atoms with Crippen LogP contribution in [0.5, 0.6) is 11.5 Å². The molecule has 0 saturated carbocycles. The van der Waals surface area contributed by atoms with Crippen molar-refractivity contribution in [2.75, 3.05) is 26.2 Å². The number of para-hydroxylation sites is 2. The monoisotopic (exact) mass is 332 g/mol. The fraction of sp³-hybridized carbons (Fsp3) is 0.526. The SMILES string of the molecule is C=CCNC(=O)[C@H](C)N1CCC(Oc2ccccc2OCC)CC1. The summed E-state index contributed by atoms with van der Waals surface area (Å²) in [7, 11) is 0. The Morgan fingerprint density at radius 1 is 1.38 bits per heavy atom. The summed E-state index contributed by atoms with van der Waals surface area (Å²) in [5.74, 6) is 1.64. The number of carbonyl (C=O) groups excluding carboxylic acids is 1. The van der Waals surface area contributed by atoms with Crippen molar-refractivity contribution in [2.24, 2.45) is 0 Å². The molecule has 132 valence electrons. The number of likely N-dealkylation sites (tertiary alicyclic amines) is 1. The average molecular weight is 332 g/mol. The van der Waals surface area contributed by atoms with E-state index in [-0.39, 0.29) is 18.1 Å². The van der Waals surface area contributed by atoms with E-state index in [0.717, 1.165) is 37.4 Å². The smallest absolute Gasteiger partial charge is 0.237 e. The molecule has 1 saturated heterocycles. The first-order valence-corrected chi connectivity index (χ1v) is 8.66. The maximum absolute atomic E-state index is 12.0. The molecule has 0 radical (unpaired) electrons. The van der Waals surface area contributed by atoms with Crippen molar-refractivity contribution in [3.63, 3.8) is 0 Å². The van der Waals surface area contributed by atoms with Gasteiger partial charge in [0.1, 0.15) is 6.10 Å². The van der Waals surface area contributed by atoms with Gasteiger partial charge in [-0.1, -0.05) is 18.2 Å². The zero-order chi connectivity index (χ0) is 17.4. The van der Waals surface area contributed by atoms with Gasteiger partial charge in [0, 0.05) is 19.6 Å². The second-order valence-corrected chi connectivity index (χ2v) is 5.94. The van der Waals surface area contributed by atoms with Gasteiger partial charge < -0.3 is 14.8 Å². The predicted molar refractivity (Wildman–Crippen MR) is 95.5 cm³/mol. The highest BCUT2D eigenvalue weighted by Crippen LogP contribution is 2.29. The third-order valence-corrected chi connectivity index (χ3v) is 4.27. The molecule has 1 atom stereocenters. The van der Waals surface area contributed by atoms with Gasteiger partial charge >= 0.3 is 0 Å². The van der Waals surface area contributed by atoms with E-state index < -0.39 is 0 Å². The summed E-state index contributed by atoms with van der Waals surface area (Å²) in [5.41, 5.74) is 0. The Balaban J connectivity index is 1.84. The van der Waals surface area contributed by atoms with E-state index in [0.29, 0.717) is 13.2 Å². The molecule has 2 rings (SSSR count). The number of benzene rings is 1. The molecular formula is C19H28N2O3. The van der Waals surface area contributed by atoms with Crippen molar-refractivity contribution < 1.29 is 14.3 Å². The first-order valence-electron chi connectivity index (χ1n) is 8.66. The molecule has 5 heteroatoms. The Kier molecular flexibility index (Phi) is 7.12. The lowest BCUT2D eigenvalue weighted by atomic mass is 10.1.